The van der Waals surface area contributed by atoms with Crippen LogP contribution in [0.25, 0.3) is 0 Å². The van der Waals surface area contributed by atoms with Crippen molar-refractivity contribution < 1.29 is 29.1 Å². The van der Waals surface area contributed by atoms with Crippen molar-refractivity contribution in [1.82, 2.24) is 16.0 Å². The summed E-state index contributed by atoms with van der Waals surface area (Å²) in [5.41, 5.74) is 17.1. The molecule has 1 aromatic rings. The van der Waals surface area contributed by atoms with Gasteiger partial charge in [0.1, 0.15) is 18.1 Å². The molecule has 10 N–H and O–H groups in total. The molecule has 0 spiro atoms. The summed E-state index contributed by atoms with van der Waals surface area (Å²) >= 11 is 3.98. The normalized spacial score (nSPS) is 14.1. The lowest BCUT2D eigenvalue weighted by Crippen LogP contribution is -2.58. The van der Waals surface area contributed by atoms with Crippen LogP contribution in [0.3, 0.4) is 0 Å². The van der Waals surface area contributed by atoms with E-state index in [1.807, 2.05) is 0 Å². The van der Waals surface area contributed by atoms with E-state index in [0.717, 1.165) is 0 Å². The van der Waals surface area contributed by atoms with Gasteiger partial charge in [0.25, 0.3) is 0 Å². The number of nitrogens with two attached hydrogens (primary N) is 3. The number of carboxylic acid groups (broad SMARTS) is 1. The SMILES string of the molecule is NCCCCC(NC(=O)C(CC(N)=O)NC(=O)C(Cc1ccccc1)NC(=O)C(N)CS)C(=O)O. The monoisotopic (exact) mass is 510 g/mol. The van der Waals surface area contributed by atoms with Gasteiger partial charge in [0.05, 0.1) is 12.5 Å². The molecule has 0 aliphatic rings. The first-order valence-corrected chi connectivity index (χ1v) is 11.7. The largest absolute Gasteiger partial charge is 0.480 e. The first-order valence-electron chi connectivity index (χ1n) is 11.1. The standard InChI is InChI=1S/C22H34N6O6S/c23-9-5-4-8-15(22(33)34)26-21(32)17(11-18(25)29)28-20(31)16(27-19(30)14(24)12-35)10-13-6-2-1-3-7-13/h1-3,6-7,14-17,35H,4-5,8-12,23-24H2,(H2,25,29)(H,26,32)(H,27,30)(H,28,31)(H,33,34). The number of rotatable bonds is 16. The van der Waals surface area contributed by atoms with Gasteiger partial charge in [-0.2, -0.15) is 12.6 Å². The number of benzene rings is 1. The molecule has 0 saturated carbocycles. The molecule has 4 unspecified atom stereocenters. The average Bonchev–Trinajstić information content (AvgIpc) is 2.82. The Morgan fingerprint density at radius 3 is 2.00 bits per heavy atom. The summed E-state index contributed by atoms with van der Waals surface area (Å²) in [6.07, 6.45) is 0.631. The third-order valence-electron chi connectivity index (χ3n) is 5.05. The summed E-state index contributed by atoms with van der Waals surface area (Å²) in [6, 6.07) is 3.98. The number of aliphatic carboxylic acids is 1. The molecule has 1 rings (SSSR count). The van der Waals surface area contributed by atoms with Gasteiger partial charge in [0.15, 0.2) is 0 Å². The molecule has 4 atom stereocenters. The van der Waals surface area contributed by atoms with E-state index < -0.39 is 60.2 Å². The average molecular weight is 511 g/mol. The highest BCUT2D eigenvalue weighted by Crippen LogP contribution is 2.07. The fraction of sp³-hybridized carbons (Fsp3) is 0.500. The lowest BCUT2D eigenvalue weighted by molar-refractivity contribution is -0.142. The summed E-state index contributed by atoms with van der Waals surface area (Å²) in [7, 11) is 0. The Labute approximate surface area is 209 Å². The highest BCUT2D eigenvalue weighted by atomic mass is 32.1. The number of unbranched alkanes of at least 4 members (excludes halogenated alkanes) is 1. The summed E-state index contributed by atoms with van der Waals surface area (Å²) in [5, 5.41) is 16.7. The van der Waals surface area contributed by atoms with Crippen LogP contribution in [0.15, 0.2) is 30.3 Å². The first-order chi connectivity index (χ1) is 16.6. The van der Waals surface area contributed by atoms with Gasteiger partial charge in [-0.3, -0.25) is 19.2 Å². The Balaban J connectivity index is 3.04. The zero-order chi connectivity index (χ0) is 26.4. The second kappa shape index (κ2) is 15.7. The van der Waals surface area contributed by atoms with E-state index in [1.165, 1.54) is 0 Å². The number of primary amides is 1. The van der Waals surface area contributed by atoms with Gasteiger partial charge in [-0.15, -0.1) is 0 Å². The van der Waals surface area contributed by atoms with E-state index in [1.54, 1.807) is 30.3 Å². The summed E-state index contributed by atoms with van der Waals surface area (Å²) in [5.74, 6) is -4.41. The summed E-state index contributed by atoms with van der Waals surface area (Å²) in [6.45, 7) is 0.367. The van der Waals surface area contributed by atoms with Crippen LogP contribution >= 0.6 is 12.6 Å². The molecule has 0 fully saturated rings. The van der Waals surface area contributed by atoms with Crippen LogP contribution in [-0.2, 0) is 30.4 Å². The number of amides is 4. The molecule has 0 bridgehead atoms. The van der Waals surface area contributed by atoms with Crippen LogP contribution < -0.4 is 33.2 Å². The molecule has 0 heterocycles. The van der Waals surface area contributed by atoms with E-state index in [0.29, 0.717) is 24.9 Å². The van der Waals surface area contributed by atoms with E-state index >= 15 is 0 Å². The molecule has 1 aromatic carbocycles. The number of carboxylic acids is 1. The maximum absolute atomic E-state index is 13.1. The minimum absolute atomic E-state index is 0.0406. The molecular formula is C22H34N6O6S. The van der Waals surface area contributed by atoms with Crippen LogP contribution in [-0.4, -0.2) is 71.2 Å². The minimum atomic E-state index is -1.45. The predicted octanol–water partition coefficient (Wildman–Crippen LogP) is -1.97. The number of hydrogen-bond acceptors (Lipinski definition) is 8. The third-order valence-corrected chi connectivity index (χ3v) is 5.44. The van der Waals surface area contributed by atoms with Gasteiger partial charge in [-0.25, -0.2) is 4.79 Å². The van der Waals surface area contributed by atoms with Crippen molar-refractivity contribution in [3.8, 4) is 0 Å². The zero-order valence-corrected chi connectivity index (χ0v) is 20.2. The molecule has 0 radical (unpaired) electrons. The Bertz CT molecular complexity index is 871. The second-order valence-electron chi connectivity index (χ2n) is 7.96. The van der Waals surface area contributed by atoms with Gasteiger partial charge < -0.3 is 38.3 Å². The fourth-order valence-corrected chi connectivity index (χ4v) is 3.29. The maximum Gasteiger partial charge on any atom is 0.326 e. The quantitative estimate of drug-likeness (QED) is 0.0918. The molecule has 0 aliphatic heterocycles. The topological polar surface area (TPSA) is 220 Å². The molecule has 4 amide bonds. The number of carbonyl (C=O) groups is 5. The molecule has 0 aliphatic carbocycles. The number of nitrogens with one attached hydrogen (secondary N) is 3. The molecule has 12 nitrogen and oxygen atoms in total. The van der Waals surface area contributed by atoms with Gasteiger partial charge in [-0.05, 0) is 31.4 Å². The maximum atomic E-state index is 13.1. The van der Waals surface area contributed by atoms with E-state index in [9.17, 15) is 29.1 Å². The Kier molecular flexibility index (Phi) is 13.4. The van der Waals surface area contributed by atoms with Crippen molar-refractivity contribution in [2.75, 3.05) is 12.3 Å². The summed E-state index contributed by atoms with van der Waals surface area (Å²) in [4.78, 5) is 61.3. The smallest absolute Gasteiger partial charge is 0.326 e. The fourth-order valence-electron chi connectivity index (χ4n) is 3.13. The Hall–Kier alpha value is -3.16. The molecule has 35 heavy (non-hydrogen) atoms. The van der Waals surface area contributed by atoms with Crippen molar-refractivity contribution in [1.29, 1.82) is 0 Å². The minimum Gasteiger partial charge on any atom is -0.480 e. The second-order valence-corrected chi connectivity index (χ2v) is 8.32. The molecular weight excluding hydrogens is 476 g/mol. The van der Waals surface area contributed by atoms with Crippen LogP contribution in [0.1, 0.15) is 31.2 Å². The molecule has 194 valence electrons. The lowest BCUT2D eigenvalue weighted by Gasteiger charge is -2.24. The first kappa shape index (κ1) is 29.9. The van der Waals surface area contributed by atoms with Crippen molar-refractivity contribution in [2.45, 2.75) is 56.3 Å². The Morgan fingerprint density at radius 2 is 1.46 bits per heavy atom. The highest BCUT2D eigenvalue weighted by molar-refractivity contribution is 7.80. The molecule has 13 heteroatoms. The van der Waals surface area contributed by atoms with Crippen molar-refractivity contribution in [2.24, 2.45) is 17.2 Å². The number of hydrogen-bond donors (Lipinski definition) is 8. The van der Waals surface area contributed by atoms with E-state index in [4.69, 9.17) is 17.2 Å². The molecule has 0 saturated heterocycles. The van der Waals surface area contributed by atoms with Crippen LogP contribution in [0.2, 0.25) is 0 Å². The van der Waals surface area contributed by atoms with E-state index in [2.05, 4.69) is 28.6 Å². The van der Waals surface area contributed by atoms with Gasteiger partial charge in [0, 0.05) is 12.2 Å². The Morgan fingerprint density at radius 1 is 0.886 bits per heavy atom. The van der Waals surface area contributed by atoms with Gasteiger partial charge in [0.2, 0.25) is 23.6 Å². The lowest BCUT2D eigenvalue weighted by atomic mass is 10.0. The highest BCUT2D eigenvalue weighted by Gasteiger charge is 2.31. The summed E-state index contributed by atoms with van der Waals surface area (Å²) < 4.78 is 0. The number of thiol groups is 1. The predicted molar refractivity (Wildman–Crippen MR) is 132 cm³/mol. The zero-order valence-electron chi connectivity index (χ0n) is 19.3. The van der Waals surface area contributed by atoms with Crippen molar-refractivity contribution in [3.05, 3.63) is 35.9 Å². The van der Waals surface area contributed by atoms with Crippen molar-refractivity contribution >= 4 is 42.2 Å². The van der Waals surface area contributed by atoms with Gasteiger partial charge >= 0.3 is 5.97 Å². The van der Waals surface area contributed by atoms with Crippen LogP contribution in [0, 0.1) is 0 Å². The molecule has 0 aromatic heterocycles. The van der Waals surface area contributed by atoms with Crippen LogP contribution in [0.4, 0.5) is 0 Å². The van der Waals surface area contributed by atoms with Crippen LogP contribution in [0.5, 0.6) is 0 Å². The number of carbonyl (C=O) groups excluding carboxylic acids is 4. The van der Waals surface area contributed by atoms with E-state index in [-0.39, 0.29) is 18.6 Å². The van der Waals surface area contributed by atoms with Gasteiger partial charge in [-0.1, -0.05) is 30.3 Å². The van der Waals surface area contributed by atoms with Crippen molar-refractivity contribution in [3.63, 3.8) is 0 Å². The third kappa shape index (κ3) is 11.2.